The van der Waals surface area contributed by atoms with Gasteiger partial charge in [-0.05, 0) is 48.4 Å². The maximum Gasteiger partial charge on any atom is 0.137 e. The quantitative estimate of drug-likeness (QED) is 0.935. The Hall–Kier alpha value is -1.87. The molecule has 0 bridgehead atoms. The molecule has 1 heterocycles. The summed E-state index contributed by atoms with van der Waals surface area (Å²) >= 11 is 0. The summed E-state index contributed by atoms with van der Waals surface area (Å²) in [6.07, 6.45) is 7.78. The highest BCUT2D eigenvalue weighted by Crippen LogP contribution is 2.38. The van der Waals surface area contributed by atoms with Gasteiger partial charge in [0.2, 0.25) is 0 Å². The van der Waals surface area contributed by atoms with E-state index in [1.54, 1.807) is 6.20 Å². The maximum atomic E-state index is 6.79. The lowest BCUT2D eigenvalue weighted by Gasteiger charge is -2.36. The summed E-state index contributed by atoms with van der Waals surface area (Å²) in [7, 11) is 0. The van der Waals surface area contributed by atoms with Crippen molar-refractivity contribution in [1.82, 2.24) is 4.98 Å². The number of benzene rings is 1. The highest BCUT2D eigenvalue weighted by Gasteiger charge is 2.34. The van der Waals surface area contributed by atoms with Crippen LogP contribution in [0.2, 0.25) is 0 Å². The lowest BCUT2D eigenvalue weighted by molar-refractivity contribution is 0.314. The molecule has 110 valence electrons. The van der Waals surface area contributed by atoms with Crippen molar-refractivity contribution in [2.24, 2.45) is 5.73 Å². The standard InChI is InChI=1S/C18H22N2O/c1-2-10-21-16-11-15(12-20-13-16)18(19)9-5-7-14-6-3-4-8-17(14)18/h3-4,6,8,11-13H,2,5,7,9-10,19H2,1H3. The molecule has 0 radical (unpaired) electrons. The van der Waals surface area contributed by atoms with E-state index in [0.29, 0.717) is 6.61 Å². The topological polar surface area (TPSA) is 48.1 Å². The van der Waals surface area contributed by atoms with Crippen LogP contribution in [0.25, 0.3) is 0 Å². The van der Waals surface area contributed by atoms with E-state index in [1.807, 2.05) is 12.3 Å². The van der Waals surface area contributed by atoms with Gasteiger partial charge in [-0.25, -0.2) is 0 Å². The zero-order valence-corrected chi connectivity index (χ0v) is 12.5. The monoisotopic (exact) mass is 282 g/mol. The van der Waals surface area contributed by atoms with E-state index in [0.717, 1.165) is 37.0 Å². The summed E-state index contributed by atoms with van der Waals surface area (Å²) in [4.78, 5) is 4.33. The molecule has 0 spiro atoms. The van der Waals surface area contributed by atoms with Gasteiger partial charge in [-0.3, -0.25) is 4.98 Å². The van der Waals surface area contributed by atoms with Crippen LogP contribution in [-0.4, -0.2) is 11.6 Å². The lowest BCUT2D eigenvalue weighted by Crippen LogP contribution is -2.41. The van der Waals surface area contributed by atoms with Crippen molar-refractivity contribution in [2.45, 2.75) is 38.1 Å². The molecule has 2 N–H and O–H groups in total. The van der Waals surface area contributed by atoms with Crippen LogP contribution in [0.5, 0.6) is 5.75 Å². The van der Waals surface area contributed by atoms with Gasteiger partial charge in [-0.1, -0.05) is 31.2 Å². The van der Waals surface area contributed by atoms with Crippen LogP contribution in [0.15, 0.2) is 42.7 Å². The molecular weight excluding hydrogens is 260 g/mol. The normalized spacial score (nSPS) is 20.9. The van der Waals surface area contributed by atoms with Gasteiger partial charge >= 0.3 is 0 Å². The number of pyridine rings is 1. The number of aromatic nitrogens is 1. The van der Waals surface area contributed by atoms with Gasteiger partial charge < -0.3 is 10.5 Å². The van der Waals surface area contributed by atoms with Gasteiger partial charge in [0.15, 0.2) is 0 Å². The van der Waals surface area contributed by atoms with Gasteiger partial charge in [0.25, 0.3) is 0 Å². The predicted octanol–water partition coefficient (Wildman–Crippen LogP) is 3.41. The Labute approximate surface area is 126 Å². The van der Waals surface area contributed by atoms with E-state index in [-0.39, 0.29) is 0 Å². The number of rotatable bonds is 4. The minimum Gasteiger partial charge on any atom is -0.492 e. The SMILES string of the molecule is CCCOc1cncc(C2(N)CCCc3ccccc32)c1. The molecule has 1 unspecified atom stereocenters. The molecule has 0 saturated heterocycles. The molecule has 21 heavy (non-hydrogen) atoms. The van der Waals surface area contributed by atoms with Crippen molar-refractivity contribution < 1.29 is 4.74 Å². The fourth-order valence-electron chi connectivity index (χ4n) is 3.13. The second kappa shape index (κ2) is 5.86. The fraction of sp³-hybridized carbons (Fsp3) is 0.389. The summed E-state index contributed by atoms with van der Waals surface area (Å²) in [5.74, 6) is 0.808. The van der Waals surface area contributed by atoms with Gasteiger partial charge in [0.1, 0.15) is 5.75 Å². The number of fused-ring (bicyclic) bond motifs is 1. The molecule has 2 aromatic rings. The number of hydrogen-bond donors (Lipinski definition) is 1. The minimum atomic E-state index is -0.451. The van der Waals surface area contributed by atoms with Crippen molar-refractivity contribution in [3.8, 4) is 5.75 Å². The average molecular weight is 282 g/mol. The Balaban J connectivity index is 2.00. The van der Waals surface area contributed by atoms with Gasteiger partial charge in [0, 0.05) is 6.20 Å². The van der Waals surface area contributed by atoms with E-state index in [1.165, 1.54) is 11.1 Å². The Morgan fingerprint density at radius 1 is 1.29 bits per heavy atom. The summed E-state index contributed by atoms with van der Waals surface area (Å²) < 4.78 is 5.70. The largest absolute Gasteiger partial charge is 0.492 e. The van der Waals surface area contributed by atoms with E-state index in [9.17, 15) is 0 Å². The minimum absolute atomic E-state index is 0.451. The highest BCUT2D eigenvalue weighted by atomic mass is 16.5. The zero-order chi connectivity index (χ0) is 14.7. The number of nitrogens with two attached hydrogens (primary N) is 1. The maximum absolute atomic E-state index is 6.79. The first-order valence-electron chi connectivity index (χ1n) is 7.69. The molecule has 3 heteroatoms. The van der Waals surface area contributed by atoms with Crippen molar-refractivity contribution >= 4 is 0 Å². The fourth-order valence-corrected chi connectivity index (χ4v) is 3.13. The van der Waals surface area contributed by atoms with Gasteiger partial charge in [0.05, 0.1) is 18.3 Å². The third-order valence-electron chi connectivity index (χ3n) is 4.22. The second-order valence-electron chi connectivity index (χ2n) is 5.74. The van der Waals surface area contributed by atoms with Crippen molar-refractivity contribution in [2.75, 3.05) is 6.61 Å². The van der Waals surface area contributed by atoms with E-state index in [4.69, 9.17) is 10.5 Å². The Morgan fingerprint density at radius 3 is 3.00 bits per heavy atom. The number of hydrogen-bond acceptors (Lipinski definition) is 3. The number of ether oxygens (including phenoxy) is 1. The van der Waals surface area contributed by atoms with Crippen LogP contribution in [0.4, 0.5) is 0 Å². The molecule has 1 aliphatic carbocycles. The molecule has 0 saturated carbocycles. The molecular formula is C18H22N2O. The number of aryl methyl sites for hydroxylation is 1. The van der Waals surface area contributed by atoms with Crippen LogP contribution < -0.4 is 10.5 Å². The summed E-state index contributed by atoms with van der Waals surface area (Å²) in [6.45, 7) is 2.80. The van der Waals surface area contributed by atoms with Crippen molar-refractivity contribution in [3.63, 3.8) is 0 Å². The lowest BCUT2D eigenvalue weighted by atomic mass is 9.73. The van der Waals surface area contributed by atoms with Crippen molar-refractivity contribution in [3.05, 3.63) is 59.4 Å². The predicted molar refractivity (Wildman–Crippen MR) is 84.4 cm³/mol. The molecule has 1 aromatic carbocycles. The van der Waals surface area contributed by atoms with Crippen molar-refractivity contribution in [1.29, 1.82) is 0 Å². The third kappa shape index (κ3) is 2.66. The molecule has 1 aromatic heterocycles. The van der Waals surface area contributed by atoms with Gasteiger partial charge in [-0.2, -0.15) is 0 Å². The number of nitrogens with zero attached hydrogens (tertiary/aromatic N) is 1. The first kappa shape index (κ1) is 14.1. The molecule has 0 fully saturated rings. The van der Waals surface area contributed by atoms with Crippen LogP contribution in [0.1, 0.15) is 42.9 Å². The van der Waals surface area contributed by atoms with Crippen LogP contribution >= 0.6 is 0 Å². The Bertz CT molecular complexity index is 626. The smallest absolute Gasteiger partial charge is 0.137 e. The first-order chi connectivity index (χ1) is 10.2. The van der Waals surface area contributed by atoms with E-state index < -0.39 is 5.54 Å². The Morgan fingerprint density at radius 2 is 2.14 bits per heavy atom. The van der Waals surface area contributed by atoms with E-state index >= 15 is 0 Å². The molecule has 0 aliphatic heterocycles. The summed E-state index contributed by atoms with van der Waals surface area (Å²) in [5.41, 5.74) is 9.97. The highest BCUT2D eigenvalue weighted by molar-refractivity contribution is 5.45. The molecule has 3 rings (SSSR count). The zero-order valence-electron chi connectivity index (χ0n) is 12.5. The average Bonchev–Trinajstić information content (AvgIpc) is 2.54. The third-order valence-corrected chi connectivity index (χ3v) is 4.22. The Kier molecular flexibility index (Phi) is 3.93. The van der Waals surface area contributed by atoms with Crippen LogP contribution in [-0.2, 0) is 12.0 Å². The molecule has 1 atom stereocenters. The molecule has 0 amide bonds. The summed E-state index contributed by atoms with van der Waals surface area (Å²) in [5, 5.41) is 0. The van der Waals surface area contributed by atoms with E-state index in [2.05, 4.69) is 36.2 Å². The van der Waals surface area contributed by atoms with Gasteiger partial charge in [-0.15, -0.1) is 0 Å². The first-order valence-corrected chi connectivity index (χ1v) is 7.69. The molecule has 3 nitrogen and oxygen atoms in total. The second-order valence-corrected chi connectivity index (χ2v) is 5.74. The van der Waals surface area contributed by atoms with Crippen LogP contribution in [0.3, 0.4) is 0 Å². The van der Waals surface area contributed by atoms with Crippen LogP contribution in [0, 0.1) is 0 Å². The summed E-state index contributed by atoms with van der Waals surface area (Å²) in [6, 6.07) is 10.5. The molecule has 1 aliphatic rings.